The van der Waals surface area contributed by atoms with Crippen LogP contribution in [0, 0.1) is 11.3 Å². The van der Waals surface area contributed by atoms with E-state index >= 15 is 0 Å². The van der Waals surface area contributed by atoms with Gasteiger partial charge in [-0.25, -0.2) is 0 Å². The zero-order chi connectivity index (χ0) is 11.3. The van der Waals surface area contributed by atoms with E-state index in [-0.39, 0.29) is 6.42 Å². The monoisotopic (exact) mass is 213 g/mol. The highest BCUT2D eigenvalue weighted by molar-refractivity contribution is 5.31. The van der Waals surface area contributed by atoms with Crippen LogP contribution in [-0.4, -0.2) is 6.18 Å². The minimum absolute atomic E-state index is 0.0927. The van der Waals surface area contributed by atoms with Gasteiger partial charge >= 0.3 is 6.18 Å². The largest absolute Gasteiger partial charge is 0.389 e. The van der Waals surface area contributed by atoms with Crippen molar-refractivity contribution in [1.82, 2.24) is 0 Å². The Morgan fingerprint density at radius 1 is 1.13 bits per heavy atom. The highest BCUT2D eigenvalue weighted by Crippen LogP contribution is 2.22. The highest BCUT2D eigenvalue weighted by atomic mass is 19.4. The maximum absolute atomic E-state index is 11.8. The molecule has 0 saturated carbocycles. The Labute approximate surface area is 86.1 Å². The van der Waals surface area contributed by atoms with Gasteiger partial charge in [0.1, 0.15) is 0 Å². The fraction of sp³-hybridized carbons (Fsp3) is 0.364. The van der Waals surface area contributed by atoms with E-state index in [1.54, 1.807) is 24.3 Å². The van der Waals surface area contributed by atoms with Crippen molar-refractivity contribution < 1.29 is 13.2 Å². The molecule has 1 aromatic carbocycles. The Kier molecular flexibility index (Phi) is 3.73. The summed E-state index contributed by atoms with van der Waals surface area (Å²) in [5.41, 5.74) is 1.35. The number of benzene rings is 1. The molecule has 0 N–H and O–H groups in total. The molecule has 4 heteroatoms. The van der Waals surface area contributed by atoms with Crippen LogP contribution in [0.15, 0.2) is 24.3 Å². The highest BCUT2D eigenvalue weighted by Gasteiger charge is 2.25. The van der Waals surface area contributed by atoms with Crippen LogP contribution < -0.4 is 0 Å². The maximum Gasteiger partial charge on any atom is 0.389 e. The number of rotatable bonds is 3. The normalized spacial score (nSPS) is 11.1. The van der Waals surface area contributed by atoms with Gasteiger partial charge in [-0.2, -0.15) is 18.4 Å². The van der Waals surface area contributed by atoms with E-state index in [0.29, 0.717) is 12.0 Å². The molecule has 0 radical (unpaired) electrons. The Morgan fingerprint density at radius 3 is 2.20 bits per heavy atom. The van der Waals surface area contributed by atoms with Crippen molar-refractivity contribution in [3.05, 3.63) is 35.4 Å². The molecule has 0 spiro atoms. The molecule has 15 heavy (non-hydrogen) atoms. The average molecular weight is 213 g/mol. The summed E-state index contributed by atoms with van der Waals surface area (Å²) < 4.78 is 35.5. The summed E-state index contributed by atoms with van der Waals surface area (Å²) in [4.78, 5) is 0. The van der Waals surface area contributed by atoms with E-state index in [9.17, 15) is 13.2 Å². The van der Waals surface area contributed by atoms with E-state index in [1.807, 2.05) is 6.07 Å². The molecule has 0 unspecified atom stereocenters. The molecule has 1 aromatic rings. The zero-order valence-electron chi connectivity index (χ0n) is 8.01. The van der Waals surface area contributed by atoms with Gasteiger partial charge in [-0.3, -0.25) is 0 Å². The predicted molar refractivity (Wildman–Crippen MR) is 50.2 cm³/mol. The lowest BCUT2D eigenvalue weighted by Gasteiger charge is -2.05. The third kappa shape index (κ3) is 4.50. The molecule has 1 nitrogen and oxygen atoms in total. The van der Waals surface area contributed by atoms with Gasteiger partial charge < -0.3 is 0 Å². The Hall–Kier alpha value is -1.50. The lowest BCUT2D eigenvalue weighted by molar-refractivity contribution is -0.135. The second-order valence-electron chi connectivity index (χ2n) is 3.28. The fourth-order valence-corrected chi connectivity index (χ4v) is 1.24. The van der Waals surface area contributed by atoms with E-state index < -0.39 is 12.6 Å². The van der Waals surface area contributed by atoms with E-state index in [1.165, 1.54) is 0 Å². The minimum Gasteiger partial charge on any atom is -0.192 e. The van der Waals surface area contributed by atoms with Crippen molar-refractivity contribution in [2.24, 2.45) is 0 Å². The van der Waals surface area contributed by atoms with Crippen molar-refractivity contribution in [1.29, 1.82) is 5.26 Å². The SMILES string of the molecule is N#Cc1ccc(CCCC(F)(F)F)cc1. The van der Waals surface area contributed by atoms with Crippen LogP contribution in [0.2, 0.25) is 0 Å². The number of nitrogens with zero attached hydrogens (tertiary/aromatic N) is 1. The molecular weight excluding hydrogens is 203 g/mol. The number of alkyl halides is 3. The van der Waals surface area contributed by atoms with Crippen molar-refractivity contribution in [3.8, 4) is 6.07 Å². The van der Waals surface area contributed by atoms with Gasteiger partial charge in [0.25, 0.3) is 0 Å². The number of nitriles is 1. The number of aryl methyl sites for hydroxylation is 1. The second kappa shape index (κ2) is 4.83. The van der Waals surface area contributed by atoms with Crippen LogP contribution in [0.25, 0.3) is 0 Å². The molecule has 0 bridgehead atoms. The third-order valence-corrected chi connectivity index (χ3v) is 2.01. The van der Waals surface area contributed by atoms with Gasteiger partial charge in [0.05, 0.1) is 11.6 Å². The second-order valence-corrected chi connectivity index (χ2v) is 3.28. The van der Waals surface area contributed by atoms with E-state index in [2.05, 4.69) is 0 Å². The lowest BCUT2D eigenvalue weighted by Crippen LogP contribution is -2.07. The smallest absolute Gasteiger partial charge is 0.192 e. The summed E-state index contributed by atoms with van der Waals surface area (Å²) in [6.07, 6.45) is -4.35. The molecule has 0 aromatic heterocycles. The average Bonchev–Trinajstić information content (AvgIpc) is 2.17. The van der Waals surface area contributed by atoms with Crippen LogP contribution in [0.4, 0.5) is 13.2 Å². The Morgan fingerprint density at radius 2 is 1.73 bits per heavy atom. The van der Waals surface area contributed by atoms with Gasteiger partial charge in [0.2, 0.25) is 0 Å². The van der Waals surface area contributed by atoms with Gasteiger partial charge in [-0.15, -0.1) is 0 Å². The fourth-order valence-electron chi connectivity index (χ4n) is 1.24. The first-order valence-corrected chi connectivity index (χ1v) is 4.57. The molecule has 1 rings (SSSR count). The molecule has 0 atom stereocenters. The van der Waals surface area contributed by atoms with E-state index in [0.717, 1.165) is 5.56 Å². The summed E-state index contributed by atoms with van der Waals surface area (Å²) in [6, 6.07) is 8.56. The quantitative estimate of drug-likeness (QED) is 0.754. The summed E-state index contributed by atoms with van der Waals surface area (Å²) in [6.45, 7) is 0. The maximum atomic E-state index is 11.8. The summed E-state index contributed by atoms with van der Waals surface area (Å²) in [7, 11) is 0. The molecule has 0 amide bonds. The molecule has 0 heterocycles. The minimum atomic E-state index is -4.08. The summed E-state index contributed by atoms with van der Waals surface area (Å²) in [5, 5.41) is 8.51. The molecular formula is C11H10F3N. The number of hydrogen-bond donors (Lipinski definition) is 0. The first-order chi connectivity index (χ1) is 7.01. The van der Waals surface area contributed by atoms with Gasteiger partial charge in [-0.1, -0.05) is 12.1 Å². The summed E-state index contributed by atoms with van der Waals surface area (Å²) >= 11 is 0. The molecule has 0 saturated heterocycles. The van der Waals surface area contributed by atoms with Gasteiger partial charge in [-0.05, 0) is 30.5 Å². The number of halogens is 3. The van der Waals surface area contributed by atoms with Crippen LogP contribution in [-0.2, 0) is 6.42 Å². The molecule has 0 aliphatic rings. The van der Waals surface area contributed by atoms with E-state index in [4.69, 9.17) is 5.26 Å². The predicted octanol–water partition coefficient (Wildman–Crippen LogP) is 3.44. The van der Waals surface area contributed by atoms with Crippen LogP contribution >= 0.6 is 0 Å². The first-order valence-electron chi connectivity index (χ1n) is 4.57. The summed E-state index contributed by atoms with van der Waals surface area (Å²) in [5.74, 6) is 0. The molecule has 0 aliphatic heterocycles. The van der Waals surface area contributed by atoms with Crippen molar-refractivity contribution in [2.45, 2.75) is 25.4 Å². The lowest BCUT2D eigenvalue weighted by atomic mass is 10.1. The Balaban J connectivity index is 2.42. The first kappa shape index (κ1) is 11.6. The Bertz CT molecular complexity index is 346. The molecule has 0 aliphatic carbocycles. The van der Waals surface area contributed by atoms with Crippen molar-refractivity contribution in [2.75, 3.05) is 0 Å². The molecule has 0 fully saturated rings. The number of hydrogen-bond acceptors (Lipinski definition) is 1. The zero-order valence-corrected chi connectivity index (χ0v) is 8.01. The third-order valence-electron chi connectivity index (χ3n) is 2.01. The van der Waals surface area contributed by atoms with Crippen LogP contribution in [0.1, 0.15) is 24.0 Å². The standard InChI is InChI=1S/C11H10F3N/c12-11(13,14)7-1-2-9-3-5-10(8-15)6-4-9/h3-6H,1-2,7H2. The van der Waals surface area contributed by atoms with Gasteiger partial charge in [0, 0.05) is 6.42 Å². The topological polar surface area (TPSA) is 23.8 Å². The van der Waals surface area contributed by atoms with Crippen molar-refractivity contribution in [3.63, 3.8) is 0 Å². The van der Waals surface area contributed by atoms with Gasteiger partial charge in [0.15, 0.2) is 0 Å². The van der Waals surface area contributed by atoms with Crippen LogP contribution in [0.3, 0.4) is 0 Å². The van der Waals surface area contributed by atoms with Crippen molar-refractivity contribution >= 4 is 0 Å². The molecule has 80 valence electrons. The van der Waals surface area contributed by atoms with Crippen LogP contribution in [0.5, 0.6) is 0 Å².